The maximum atomic E-state index is 12.5. The topological polar surface area (TPSA) is 125 Å². The van der Waals surface area contributed by atoms with Gasteiger partial charge in [0.15, 0.2) is 0 Å². The number of amides is 1. The number of sulfonamides is 1. The van der Waals surface area contributed by atoms with Gasteiger partial charge in [-0.3, -0.25) is 9.52 Å². The van der Waals surface area contributed by atoms with E-state index in [0.29, 0.717) is 11.3 Å². The fourth-order valence-corrected chi connectivity index (χ4v) is 3.99. The molecule has 1 heterocycles. The van der Waals surface area contributed by atoms with Crippen molar-refractivity contribution in [3.05, 3.63) is 109 Å². The predicted molar refractivity (Wildman–Crippen MR) is 135 cm³/mol. The number of carbonyl (C=O) groups is 2. The highest BCUT2D eigenvalue weighted by atomic mass is 32.2. The number of carboxylic acids is 1. The third-order valence-electron chi connectivity index (χ3n) is 4.82. The highest BCUT2D eigenvalue weighted by Gasteiger charge is 2.38. The second-order valence-corrected chi connectivity index (χ2v) is 9.23. The third kappa shape index (κ3) is 7.90. The fourth-order valence-electron chi connectivity index (χ4n) is 2.99. The van der Waals surface area contributed by atoms with E-state index in [1.165, 1.54) is 18.3 Å². The van der Waals surface area contributed by atoms with Crippen molar-refractivity contribution in [2.75, 3.05) is 10.0 Å². The van der Waals surface area contributed by atoms with Crippen LogP contribution in [0.4, 0.5) is 24.7 Å². The van der Waals surface area contributed by atoms with Crippen LogP contribution in [0.25, 0.3) is 11.1 Å². The number of alkyl halides is 3. The standard InChI is InChI=1S/C24H19N3O3S.C2HF3O2/c28-24(20-11-9-19(10-12-20)18-6-2-1-3-7-18)26-21-13-15-22(16-14-21)31(29,30)27-23-8-4-5-17-25-23;3-2(4,5)1(6)7/h1-17H,(H,25,27)(H,26,28);(H,6,7). The Morgan fingerprint density at radius 1 is 0.763 bits per heavy atom. The molecule has 38 heavy (non-hydrogen) atoms. The van der Waals surface area contributed by atoms with Crippen LogP contribution in [0, 0.1) is 0 Å². The second-order valence-electron chi connectivity index (χ2n) is 7.55. The molecule has 0 bridgehead atoms. The van der Waals surface area contributed by atoms with E-state index in [1.807, 2.05) is 42.5 Å². The first-order valence-corrected chi connectivity index (χ1v) is 12.2. The van der Waals surface area contributed by atoms with Crippen molar-refractivity contribution in [2.45, 2.75) is 11.1 Å². The summed E-state index contributed by atoms with van der Waals surface area (Å²) in [6.45, 7) is 0. The molecule has 0 atom stereocenters. The zero-order valence-corrected chi connectivity index (χ0v) is 20.2. The SMILES string of the molecule is O=C(Nc1ccc(S(=O)(=O)Nc2ccccn2)cc1)c1ccc(-c2ccccc2)cc1.O=C(O)C(F)(F)F. The lowest BCUT2D eigenvalue weighted by molar-refractivity contribution is -0.192. The number of pyridine rings is 1. The lowest BCUT2D eigenvalue weighted by Gasteiger charge is -2.09. The molecule has 0 spiro atoms. The van der Waals surface area contributed by atoms with Crippen molar-refractivity contribution in [1.29, 1.82) is 0 Å². The van der Waals surface area contributed by atoms with Gasteiger partial charge in [0.1, 0.15) is 5.82 Å². The molecule has 196 valence electrons. The zero-order valence-electron chi connectivity index (χ0n) is 19.4. The molecule has 0 fully saturated rings. The van der Waals surface area contributed by atoms with Gasteiger partial charge < -0.3 is 10.4 Å². The number of nitrogens with one attached hydrogen (secondary N) is 2. The number of aromatic nitrogens is 1. The molecule has 3 aromatic carbocycles. The van der Waals surface area contributed by atoms with E-state index < -0.39 is 22.2 Å². The number of carboxylic acid groups (broad SMARTS) is 1. The van der Waals surface area contributed by atoms with Crippen molar-refractivity contribution in [3.63, 3.8) is 0 Å². The summed E-state index contributed by atoms with van der Waals surface area (Å²) in [4.78, 5) is 25.5. The van der Waals surface area contributed by atoms with Gasteiger partial charge in [-0.1, -0.05) is 48.5 Å². The number of carbonyl (C=O) groups excluding carboxylic acids is 1. The van der Waals surface area contributed by atoms with Crippen LogP contribution in [0.1, 0.15) is 10.4 Å². The number of anilines is 2. The van der Waals surface area contributed by atoms with Gasteiger partial charge >= 0.3 is 12.1 Å². The van der Waals surface area contributed by atoms with Gasteiger partial charge in [-0.2, -0.15) is 13.2 Å². The molecule has 4 aromatic rings. The summed E-state index contributed by atoms with van der Waals surface area (Å²) < 4.78 is 59.1. The van der Waals surface area contributed by atoms with E-state index in [0.717, 1.165) is 11.1 Å². The molecule has 0 aliphatic carbocycles. The molecular weight excluding hydrogens is 523 g/mol. The van der Waals surface area contributed by atoms with Gasteiger partial charge in [0.2, 0.25) is 0 Å². The number of hydrogen-bond donors (Lipinski definition) is 3. The first-order valence-electron chi connectivity index (χ1n) is 10.8. The number of nitrogens with zero attached hydrogens (tertiary/aromatic N) is 1. The van der Waals surface area contributed by atoms with Gasteiger partial charge in [-0.05, 0) is 59.7 Å². The molecule has 8 nitrogen and oxygen atoms in total. The van der Waals surface area contributed by atoms with Crippen LogP contribution in [-0.2, 0) is 14.8 Å². The molecule has 1 amide bonds. The van der Waals surface area contributed by atoms with Crippen molar-refractivity contribution in [2.24, 2.45) is 0 Å². The highest BCUT2D eigenvalue weighted by Crippen LogP contribution is 2.21. The Morgan fingerprint density at radius 2 is 1.32 bits per heavy atom. The number of halogens is 3. The molecule has 0 aliphatic rings. The summed E-state index contributed by atoms with van der Waals surface area (Å²) in [6.07, 6.45) is -3.58. The number of rotatable bonds is 6. The molecule has 1 aromatic heterocycles. The van der Waals surface area contributed by atoms with E-state index in [4.69, 9.17) is 9.90 Å². The van der Waals surface area contributed by atoms with E-state index >= 15 is 0 Å². The minimum Gasteiger partial charge on any atom is -0.475 e. The number of hydrogen-bond acceptors (Lipinski definition) is 5. The summed E-state index contributed by atoms with van der Waals surface area (Å²) in [6, 6.07) is 28.1. The monoisotopic (exact) mass is 543 g/mol. The normalized spacial score (nSPS) is 11.0. The van der Waals surface area contributed by atoms with Gasteiger partial charge in [0.25, 0.3) is 15.9 Å². The largest absolute Gasteiger partial charge is 0.490 e. The number of benzene rings is 3. The van der Waals surface area contributed by atoms with Gasteiger partial charge in [-0.15, -0.1) is 0 Å². The second kappa shape index (κ2) is 12.0. The summed E-state index contributed by atoms with van der Waals surface area (Å²) in [5.41, 5.74) is 3.10. The van der Waals surface area contributed by atoms with Crippen molar-refractivity contribution < 1.29 is 36.3 Å². The first-order chi connectivity index (χ1) is 18.0. The Kier molecular flexibility index (Phi) is 8.81. The average molecular weight is 544 g/mol. The van der Waals surface area contributed by atoms with Gasteiger partial charge in [0.05, 0.1) is 4.90 Å². The smallest absolute Gasteiger partial charge is 0.475 e. The van der Waals surface area contributed by atoms with Crippen molar-refractivity contribution in [3.8, 4) is 11.1 Å². The maximum absolute atomic E-state index is 12.5. The fraction of sp³-hybridized carbons (Fsp3) is 0.0385. The zero-order chi connectivity index (χ0) is 27.8. The summed E-state index contributed by atoms with van der Waals surface area (Å²) in [5, 5.41) is 9.90. The summed E-state index contributed by atoms with van der Waals surface area (Å²) in [7, 11) is -3.77. The molecule has 0 saturated heterocycles. The molecule has 3 N–H and O–H groups in total. The Balaban J connectivity index is 0.000000505. The van der Waals surface area contributed by atoms with E-state index in [-0.39, 0.29) is 16.6 Å². The number of aliphatic carboxylic acids is 1. The minimum absolute atomic E-state index is 0.0726. The molecule has 4 rings (SSSR count). The van der Waals surface area contributed by atoms with Gasteiger partial charge in [0, 0.05) is 17.4 Å². The van der Waals surface area contributed by atoms with Crippen molar-refractivity contribution >= 4 is 33.4 Å². The molecule has 0 unspecified atom stereocenters. The Bertz CT molecular complexity index is 1480. The van der Waals surface area contributed by atoms with Crippen LogP contribution in [0.3, 0.4) is 0 Å². The van der Waals surface area contributed by atoms with Crippen LogP contribution in [-0.4, -0.2) is 36.6 Å². The third-order valence-corrected chi connectivity index (χ3v) is 6.19. The van der Waals surface area contributed by atoms with E-state index in [9.17, 15) is 26.4 Å². The van der Waals surface area contributed by atoms with E-state index in [2.05, 4.69) is 15.0 Å². The Morgan fingerprint density at radius 3 is 1.84 bits per heavy atom. The van der Waals surface area contributed by atoms with Gasteiger partial charge in [-0.25, -0.2) is 18.2 Å². The molecule has 0 aliphatic heterocycles. The first kappa shape index (κ1) is 27.9. The van der Waals surface area contributed by atoms with Crippen LogP contribution >= 0.6 is 0 Å². The van der Waals surface area contributed by atoms with Crippen LogP contribution < -0.4 is 10.0 Å². The summed E-state index contributed by atoms with van der Waals surface area (Å²) in [5.74, 6) is -2.80. The minimum atomic E-state index is -5.08. The van der Waals surface area contributed by atoms with Crippen LogP contribution in [0.2, 0.25) is 0 Å². The molecular formula is C26H20F3N3O5S. The average Bonchev–Trinajstić information content (AvgIpc) is 2.90. The Hall–Kier alpha value is -4.71. The van der Waals surface area contributed by atoms with Crippen LogP contribution in [0.5, 0.6) is 0 Å². The lowest BCUT2D eigenvalue weighted by Crippen LogP contribution is -2.21. The predicted octanol–water partition coefficient (Wildman–Crippen LogP) is 5.44. The Labute approximate surface area is 215 Å². The van der Waals surface area contributed by atoms with Crippen molar-refractivity contribution in [1.82, 2.24) is 4.98 Å². The lowest BCUT2D eigenvalue weighted by atomic mass is 10.0. The van der Waals surface area contributed by atoms with E-state index in [1.54, 1.807) is 42.5 Å². The molecule has 0 radical (unpaired) electrons. The molecule has 0 saturated carbocycles. The molecule has 12 heteroatoms. The van der Waals surface area contributed by atoms with Crippen LogP contribution in [0.15, 0.2) is 108 Å². The highest BCUT2D eigenvalue weighted by molar-refractivity contribution is 7.92. The summed E-state index contributed by atoms with van der Waals surface area (Å²) >= 11 is 0. The maximum Gasteiger partial charge on any atom is 0.490 e. The quantitative estimate of drug-likeness (QED) is 0.298.